The van der Waals surface area contributed by atoms with Gasteiger partial charge in [0.15, 0.2) is 0 Å². The van der Waals surface area contributed by atoms with Crippen molar-refractivity contribution in [1.82, 2.24) is 5.32 Å². The molecule has 1 rings (SSSR count). The molecule has 0 saturated carbocycles. The quantitative estimate of drug-likeness (QED) is 0.798. The Hall–Kier alpha value is -1.84. The normalized spacial score (nSPS) is 13.4. The molecular formula is C15H21NO3. The molecule has 0 radical (unpaired) electrons. The van der Waals surface area contributed by atoms with E-state index in [1.165, 1.54) is 7.11 Å². The number of hydrogen-bond acceptors (Lipinski definition) is 3. The largest absolute Gasteiger partial charge is 0.467 e. The van der Waals surface area contributed by atoms with Crippen LogP contribution < -0.4 is 5.32 Å². The van der Waals surface area contributed by atoms with Gasteiger partial charge in [0.2, 0.25) is 5.91 Å². The number of carbonyl (C=O) groups excluding carboxylic acids is 2. The van der Waals surface area contributed by atoms with Gasteiger partial charge in [-0.2, -0.15) is 0 Å². The van der Waals surface area contributed by atoms with E-state index in [0.29, 0.717) is 6.42 Å². The highest BCUT2D eigenvalue weighted by molar-refractivity contribution is 5.85. The Balaban J connectivity index is 2.73. The zero-order valence-electron chi connectivity index (χ0n) is 11.7. The summed E-state index contributed by atoms with van der Waals surface area (Å²) >= 11 is 0. The summed E-state index contributed by atoms with van der Waals surface area (Å²) in [4.78, 5) is 23.6. The molecule has 0 heterocycles. The van der Waals surface area contributed by atoms with E-state index in [0.717, 1.165) is 12.0 Å². The first-order valence-corrected chi connectivity index (χ1v) is 6.50. The Morgan fingerprint density at radius 2 is 1.89 bits per heavy atom. The fourth-order valence-corrected chi connectivity index (χ4v) is 1.68. The van der Waals surface area contributed by atoms with Crippen molar-refractivity contribution in [2.45, 2.75) is 32.7 Å². The summed E-state index contributed by atoms with van der Waals surface area (Å²) in [5.74, 6) is -0.641. The van der Waals surface area contributed by atoms with Gasteiger partial charge < -0.3 is 10.1 Å². The maximum Gasteiger partial charge on any atom is 0.328 e. The van der Waals surface area contributed by atoms with Crippen molar-refractivity contribution >= 4 is 11.9 Å². The maximum atomic E-state index is 11.9. The Morgan fingerprint density at radius 3 is 2.42 bits per heavy atom. The van der Waals surface area contributed by atoms with Gasteiger partial charge in [0, 0.05) is 12.3 Å². The Morgan fingerprint density at radius 1 is 1.26 bits per heavy atom. The smallest absolute Gasteiger partial charge is 0.328 e. The van der Waals surface area contributed by atoms with E-state index in [1.807, 2.05) is 44.2 Å². The maximum absolute atomic E-state index is 11.9. The van der Waals surface area contributed by atoms with Crippen molar-refractivity contribution < 1.29 is 14.3 Å². The average molecular weight is 263 g/mol. The first-order chi connectivity index (χ1) is 9.08. The van der Waals surface area contributed by atoms with Crippen molar-refractivity contribution in [3.63, 3.8) is 0 Å². The summed E-state index contributed by atoms with van der Waals surface area (Å²) in [6.07, 6.45) is 1.18. The van der Waals surface area contributed by atoms with Gasteiger partial charge in [-0.1, -0.05) is 44.2 Å². The summed E-state index contributed by atoms with van der Waals surface area (Å²) < 4.78 is 4.75. The lowest BCUT2D eigenvalue weighted by Gasteiger charge is -2.18. The molecule has 0 aliphatic rings. The third-order valence-electron chi connectivity index (χ3n) is 3.14. The molecule has 0 saturated heterocycles. The molecule has 2 atom stereocenters. The predicted molar refractivity (Wildman–Crippen MR) is 73.5 cm³/mol. The number of rotatable bonds is 6. The zero-order chi connectivity index (χ0) is 14.3. The van der Waals surface area contributed by atoms with Gasteiger partial charge in [0.05, 0.1) is 7.11 Å². The molecule has 19 heavy (non-hydrogen) atoms. The molecule has 1 aromatic carbocycles. The summed E-state index contributed by atoms with van der Waals surface area (Å²) in [7, 11) is 1.33. The molecule has 2 unspecified atom stereocenters. The minimum atomic E-state index is -0.631. The molecule has 0 spiro atoms. The van der Waals surface area contributed by atoms with Crippen molar-refractivity contribution in [3.05, 3.63) is 35.9 Å². The highest BCUT2D eigenvalue weighted by Crippen LogP contribution is 2.07. The molecule has 0 aliphatic carbocycles. The van der Waals surface area contributed by atoms with Crippen LogP contribution in [0.1, 0.15) is 25.8 Å². The standard InChI is InChI=1S/C15H21NO3/c1-4-11(2)14(17)16-13(15(18)19-3)10-12-8-6-5-7-9-12/h5-9,11,13H,4,10H2,1-3H3,(H,16,17). The molecule has 0 aromatic heterocycles. The second kappa shape index (κ2) is 7.56. The van der Waals surface area contributed by atoms with Crippen LogP contribution in [0.4, 0.5) is 0 Å². The Bertz CT molecular complexity index is 417. The number of methoxy groups -OCH3 is 1. The molecule has 1 amide bonds. The third kappa shape index (κ3) is 4.73. The number of ether oxygens (including phenoxy) is 1. The minimum absolute atomic E-state index is 0.108. The molecule has 0 bridgehead atoms. The van der Waals surface area contributed by atoms with Gasteiger partial charge in [0.25, 0.3) is 0 Å². The summed E-state index contributed by atoms with van der Waals surface area (Å²) in [5, 5.41) is 2.75. The molecule has 0 fully saturated rings. The van der Waals surface area contributed by atoms with E-state index in [4.69, 9.17) is 4.74 Å². The highest BCUT2D eigenvalue weighted by atomic mass is 16.5. The molecule has 1 aromatic rings. The van der Waals surface area contributed by atoms with E-state index in [1.54, 1.807) is 0 Å². The van der Waals surface area contributed by atoms with Crippen LogP contribution in [-0.2, 0) is 20.7 Å². The second-order valence-electron chi connectivity index (χ2n) is 4.58. The number of nitrogens with one attached hydrogen (secondary N) is 1. The van der Waals surface area contributed by atoms with Crippen LogP contribution in [0.5, 0.6) is 0 Å². The highest BCUT2D eigenvalue weighted by Gasteiger charge is 2.23. The fraction of sp³-hybridized carbons (Fsp3) is 0.467. The van der Waals surface area contributed by atoms with E-state index in [-0.39, 0.29) is 11.8 Å². The summed E-state index contributed by atoms with van der Waals surface area (Å²) in [6.45, 7) is 3.78. The lowest BCUT2D eigenvalue weighted by atomic mass is 10.0. The Labute approximate surface area is 114 Å². The second-order valence-corrected chi connectivity index (χ2v) is 4.58. The van der Waals surface area contributed by atoms with Crippen LogP contribution in [0, 0.1) is 5.92 Å². The SMILES string of the molecule is CCC(C)C(=O)NC(Cc1ccccc1)C(=O)OC. The van der Waals surface area contributed by atoms with Crippen molar-refractivity contribution in [2.75, 3.05) is 7.11 Å². The van der Waals surface area contributed by atoms with Crippen LogP contribution >= 0.6 is 0 Å². The number of esters is 1. The van der Waals surface area contributed by atoms with E-state index < -0.39 is 12.0 Å². The van der Waals surface area contributed by atoms with Crippen molar-refractivity contribution in [1.29, 1.82) is 0 Å². The van der Waals surface area contributed by atoms with E-state index in [2.05, 4.69) is 5.32 Å². The molecule has 1 N–H and O–H groups in total. The molecule has 4 nitrogen and oxygen atoms in total. The molecule has 104 valence electrons. The number of benzene rings is 1. The number of amides is 1. The summed E-state index contributed by atoms with van der Waals surface area (Å²) in [6, 6.07) is 8.93. The lowest BCUT2D eigenvalue weighted by Crippen LogP contribution is -2.45. The van der Waals surface area contributed by atoms with Crippen LogP contribution in [0.3, 0.4) is 0 Å². The van der Waals surface area contributed by atoms with Gasteiger partial charge >= 0.3 is 5.97 Å². The van der Waals surface area contributed by atoms with Gasteiger partial charge in [-0.3, -0.25) is 4.79 Å². The number of hydrogen-bond donors (Lipinski definition) is 1. The first kappa shape index (κ1) is 15.2. The van der Waals surface area contributed by atoms with E-state index >= 15 is 0 Å². The minimum Gasteiger partial charge on any atom is -0.467 e. The van der Waals surface area contributed by atoms with Crippen LogP contribution in [0.15, 0.2) is 30.3 Å². The van der Waals surface area contributed by atoms with Crippen molar-refractivity contribution in [3.8, 4) is 0 Å². The zero-order valence-corrected chi connectivity index (χ0v) is 11.7. The lowest BCUT2D eigenvalue weighted by molar-refractivity contribution is -0.145. The number of carbonyl (C=O) groups is 2. The van der Waals surface area contributed by atoms with Crippen LogP contribution in [0.2, 0.25) is 0 Å². The van der Waals surface area contributed by atoms with Gasteiger partial charge in [-0.25, -0.2) is 4.79 Å². The Kier molecular flexibility index (Phi) is 6.06. The molecule has 4 heteroatoms. The van der Waals surface area contributed by atoms with Crippen LogP contribution in [-0.4, -0.2) is 25.0 Å². The molecular weight excluding hydrogens is 242 g/mol. The molecule has 0 aliphatic heterocycles. The predicted octanol–water partition coefficient (Wildman–Crippen LogP) is 1.93. The first-order valence-electron chi connectivity index (χ1n) is 6.50. The van der Waals surface area contributed by atoms with Gasteiger partial charge in [-0.15, -0.1) is 0 Å². The van der Waals surface area contributed by atoms with Crippen LogP contribution in [0.25, 0.3) is 0 Å². The average Bonchev–Trinajstić information content (AvgIpc) is 2.45. The van der Waals surface area contributed by atoms with E-state index in [9.17, 15) is 9.59 Å². The summed E-state index contributed by atoms with van der Waals surface area (Å²) in [5.41, 5.74) is 0.988. The topological polar surface area (TPSA) is 55.4 Å². The van der Waals surface area contributed by atoms with Gasteiger partial charge in [-0.05, 0) is 12.0 Å². The fourth-order valence-electron chi connectivity index (χ4n) is 1.68. The van der Waals surface area contributed by atoms with Gasteiger partial charge in [0.1, 0.15) is 6.04 Å². The third-order valence-corrected chi connectivity index (χ3v) is 3.14. The van der Waals surface area contributed by atoms with Crippen molar-refractivity contribution in [2.24, 2.45) is 5.92 Å². The monoisotopic (exact) mass is 263 g/mol.